The topological polar surface area (TPSA) is 91.5 Å². The monoisotopic (exact) mass is 456 g/mol. The number of rotatable bonds is 6. The minimum absolute atomic E-state index is 0.207. The van der Waals surface area contributed by atoms with Crippen LogP contribution in [-0.2, 0) is 6.54 Å². The average Bonchev–Trinajstić information content (AvgIpc) is 3.45. The fourth-order valence-electron chi connectivity index (χ4n) is 4.05. The van der Waals surface area contributed by atoms with E-state index in [0.717, 1.165) is 11.3 Å². The molecule has 1 aliphatic heterocycles. The van der Waals surface area contributed by atoms with Crippen LogP contribution in [0.3, 0.4) is 0 Å². The summed E-state index contributed by atoms with van der Waals surface area (Å²) in [5.41, 5.74) is 2.78. The number of carboxylic acids is 1. The quantitative estimate of drug-likeness (QED) is 0.407. The van der Waals surface area contributed by atoms with E-state index in [1.165, 1.54) is 0 Å². The lowest BCUT2D eigenvalue weighted by Gasteiger charge is -2.26. The lowest BCUT2D eigenvalue weighted by atomic mass is 10.0. The van der Waals surface area contributed by atoms with Gasteiger partial charge in [0.05, 0.1) is 17.3 Å². The van der Waals surface area contributed by atoms with Gasteiger partial charge in [0.2, 0.25) is 0 Å². The van der Waals surface area contributed by atoms with Crippen molar-refractivity contribution in [1.82, 2.24) is 20.2 Å². The second-order valence-electron chi connectivity index (χ2n) is 7.70. The molecule has 8 heteroatoms. The number of nitrogens with zero attached hydrogens (tertiary/aromatic N) is 3. The van der Waals surface area contributed by atoms with Crippen molar-refractivity contribution < 1.29 is 14.3 Å². The first-order valence-electron chi connectivity index (χ1n) is 10.4. The highest BCUT2D eigenvalue weighted by Crippen LogP contribution is 2.41. The van der Waals surface area contributed by atoms with Gasteiger partial charge in [-0.3, -0.25) is 9.97 Å². The molecule has 1 fully saturated rings. The zero-order chi connectivity index (χ0) is 22.8. The van der Waals surface area contributed by atoms with Gasteiger partial charge in [0.25, 0.3) is 0 Å². The summed E-state index contributed by atoms with van der Waals surface area (Å²) in [7, 11) is 0. The third-order valence-electron chi connectivity index (χ3n) is 5.59. The first-order valence-corrected chi connectivity index (χ1v) is 10.8. The molecule has 0 saturated carbocycles. The summed E-state index contributed by atoms with van der Waals surface area (Å²) >= 11 is 5.70. The summed E-state index contributed by atoms with van der Waals surface area (Å²) in [6.45, 7) is 0.554. The highest BCUT2D eigenvalue weighted by Gasteiger charge is 2.41. The Morgan fingerprint density at radius 1 is 1.09 bits per heavy atom. The molecule has 1 aliphatic rings. The van der Waals surface area contributed by atoms with Gasteiger partial charge in [-0.1, -0.05) is 24.3 Å². The van der Waals surface area contributed by atoms with Crippen molar-refractivity contribution in [3.05, 3.63) is 108 Å². The Morgan fingerprint density at radius 3 is 2.76 bits per heavy atom. The van der Waals surface area contributed by atoms with E-state index < -0.39 is 5.97 Å². The molecule has 2 atom stereocenters. The van der Waals surface area contributed by atoms with Crippen molar-refractivity contribution in [2.45, 2.75) is 18.6 Å². The van der Waals surface area contributed by atoms with Crippen molar-refractivity contribution in [2.75, 3.05) is 0 Å². The van der Waals surface area contributed by atoms with Crippen LogP contribution in [0, 0.1) is 0 Å². The maximum atomic E-state index is 11.4. The molecule has 3 aromatic heterocycles. The van der Waals surface area contributed by atoms with Crippen molar-refractivity contribution in [1.29, 1.82) is 0 Å². The van der Waals surface area contributed by atoms with Gasteiger partial charge in [0.1, 0.15) is 17.6 Å². The Balaban J connectivity index is 1.53. The van der Waals surface area contributed by atoms with Crippen LogP contribution in [0.15, 0.2) is 89.7 Å². The summed E-state index contributed by atoms with van der Waals surface area (Å²) in [5, 5.41) is 13.3. The third-order valence-corrected chi connectivity index (χ3v) is 5.94. The number of carboxylic acid groups (broad SMARTS) is 1. The van der Waals surface area contributed by atoms with E-state index in [4.69, 9.17) is 16.6 Å². The van der Waals surface area contributed by atoms with Crippen LogP contribution in [0.5, 0.6) is 0 Å². The molecule has 2 unspecified atom stereocenters. The van der Waals surface area contributed by atoms with E-state index >= 15 is 0 Å². The summed E-state index contributed by atoms with van der Waals surface area (Å²) in [6, 6.07) is 19.7. The Morgan fingerprint density at radius 2 is 2.00 bits per heavy atom. The minimum atomic E-state index is -0.980. The molecule has 0 radical (unpaired) electrons. The molecule has 4 heterocycles. The molecule has 0 spiro atoms. The van der Waals surface area contributed by atoms with Crippen molar-refractivity contribution in [3.63, 3.8) is 0 Å². The summed E-state index contributed by atoms with van der Waals surface area (Å²) in [6.07, 6.45) is 5.31. The van der Waals surface area contributed by atoms with Crippen LogP contribution in [0.2, 0.25) is 0 Å². The van der Waals surface area contributed by atoms with E-state index in [2.05, 4.69) is 20.2 Å². The summed E-state index contributed by atoms with van der Waals surface area (Å²) < 4.78 is 6.28. The minimum Gasteiger partial charge on any atom is -0.478 e. The third kappa shape index (κ3) is 4.20. The SMILES string of the molecule is O=C(O)c1cccc(-c2ccc(C3C(c4ccccn4)NC(=S)N3Cc3cccnc3)o2)c1. The van der Waals surface area contributed by atoms with Gasteiger partial charge >= 0.3 is 5.97 Å². The molecule has 0 aliphatic carbocycles. The number of pyridine rings is 2. The van der Waals surface area contributed by atoms with E-state index in [1.807, 2.05) is 54.7 Å². The first-order chi connectivity index (χ1) is 16.1. The Labute approximate surface area is 195 Å². The van der Waals surface area contributed by atoms with Crippen LogP contribution in [0.4, 0.5) is 0 Å². The van der Waals surface area contributed by atoms with E-state index in [1.54, 1.807) is 30.6 Å². The predicted molar refractivity (Wildman–Crippen MR) is 126 cm³/mol. The molecule has 164 valence electrons. The number of hydrogen-bond acceptors (Lipinski definition) is 5. The van der Waals surface area contributed by atoms with Gasteiger partial charge in [0, 0.05) is 30.7 Å². The van der Waals surface area contributed by atoms with Crippen molar-refractivity contribution in [3.8, 4) is 11.3 Å². The number of aromatic nitrogens is 2. The number of hydrogen-bond donors (Lipinski definition) is 2. The second-order valence-corrected chi connectivity index (χ2v) is 8.09. The number of carbonyl (C=O) groups is 1. The zero-order valence-electron chi connectivity index (χ0n) is 17.5. The molecule has 1 saturated heterocycles. The molecule has 1 aromatic carbocycles. The number of aromatic carboxylic acids is 1. The van der Waals surface area contributed by atoms with Gasteiger partial charge in [-0.05, 0) is 60.2 Å². The number of furan rings is 1. The van der Waals surface area contributed by atoms with Crippen LogP contribution in [0.25, 0.3) is 11.3 Å². The van der Waals surface area contributed by atoms with Gasteiger partial charge in [-0.15, -0.1) is 0 Å². The highest BCUT2D eigenvalue weighted by molar-refractivity contribution is 7.80. The maximum absolute atomic E-state index is 11.4. The van der Waals surface area contributed by atoms with Crippen LogP contribution < -0.4 is 5.32 Å². The molecular formula is C25H20N4O3S. The van der Waals surface area contributed by atoms with Crippen LogP contribution in [0.1, 0.15) is 39.5 Å². The summed E-state index contributed by atoms with van der Waals surface area (Å²) in [5.74, 6) is 0.316. The summed E-state index contributed by atoms with van der Waals surface area (Å²) in [4.78, 5) is 22.2. The predicted octanol–water partition coefficient (Wildman–Crippen LogP) is 4.61. The molecule has 4 aromatic rings. The van der Waals surface area contributed by atoms with Crippen LogP contribution >= 0.6 is 12.2 Å². The zero-order valence-corrected chi connectivity index (χ0v) is 18.3. The lowest BCUT2D eigenvalue weighted by molar-refractivity contribution is 0.0697. The molecule has 0 amide bonds. The van der Waals surface area contributed by atoms with Crippen LogP contribution in [-0.4, -0.2) is 31.1 Å². The number of benzene rings is 1. The lowest BCUT2D eigenvalue weighted by Crippen LogP contribution is -2.29. The van der Waals surface area contributed by atoms with Gasteiger partial charge in [-0.25, -0.2) is 4.79 Å². The molecule has 33 heavy (non-hydrogen) atoms. The fourth-order valence-corrected chi connectivity index (χ4v) is 4.35. The van der Waals surface area contributed by atoms with E-state index in [9.17, 15) is 9.90 Å². The normalized spacial score (nSPS) is 17.7. The fraction of sp³-hybridized carbons (Fsp3) is 0.120. The Hall–Kier alpha value is -4.04. The molecule has 5 rings (SSSR count). The first kappa shape index (κ1) is 20.8. The highest BCUT2D eigenvalue weighted by atomic mass is 32.1. The Bertz CT molecular complexity index is 1290. The van der Waals surface area contributed by atoms with E-state index in [0.29, 0.717) is 28.7 Å². The molecule has 7 nitrogen and oxygen atoms in total. The number of thiocarbonyl (C=S) groups is 1. The molecule has 2 N–H and O–H groups in total. The van der Waals surface area contributed by atoms with E-state index in [-0.39, 0.29) is 17.6 Å². The maximum Gasteiger partial charge on any atom is 0.335 e. The van der Waals surface area contributed by atoms with Gasteiger partial charge in [0.15, 0.2) is 5.11 Å². The van der Waals surface area contributed by atoms with Crippen molar-refractivity contribution in [2.24, 2.45) is 0 Å². The van der Waals surface area contributed by atoms with Crippen molar-refractivity contribution >= 4 is 23.3 Å². The Kier molecular flexibility index (Phi) is 5.58. The average molecular weight is 457 g/mol. The smallest absolute Gasteiger partial charge is 0.335 e. The molecule has 0 bridgehead atoms. The van der Waals surface area contributed by atoms with Gasteiger partial charge < -0.3 is 19.7 Å². The standard InChI is InChI=1S/C25H20N4O3S/c30-24(31)18-7-3-6-17(13-18)20-9-10-21(32-20)23-22(19-8-1-2-12-27-19)28-25(33)29(23)15-16-5-4-11-26-14-16/h1-14,22-23H,15H2,(H,28,33)(H,30,31). The number of nitrogens with one attached hydrogen (secondary N) is 1. The largest absolute Gasteiger partial charge is 0.478 e. The molecular weight excluding hydrogens is 436 g/mol. The van der Waals surface area contributed by atoms with Gasteiger partial charge in [-0.2, -0.15) is 0 Å². The second kappa shape index (κ2) is 8.84.